The van der Waals surface area contributed by atoms with E-state index in [9.17, 15) is 0 Å². The number of hydrogen-bond donors (Lipinski definition) is 1. The van der Waals surface area contributed by atoms with E-state index in [-0.39, 0.29) is 0 Å². The smallest absolute Gasteiger partial charge is 0.257 e. The van der Waals surface area contributed by atoms with Crippen molar-refractivity contribution in [1.82, 2.24) is 15.5 Å². The van der Waals surface area contributed by atoms with E-state index in [2.05, 4.69) is 15.5 Å². The van der Waals surface area contributed by atoms with E-state index in [1.807, 2.05) is 18.5 Å². The van der Waals surface area contributed by atoms with Crippen LogP contribution < -0.4 is 10.1 Å². The molecule has 0 aliphatic heterocycles. The van der Waals surface area contributed by atoms with Crippen LogP contribution in [0.4, 0.5) is 0 Å². The number of rotatable bonds is 4. The van der Waals surface area contributed by atoms with Crippen molar-refractivity contribution in [3.8, 4) is 16.5 Å². The third-order valence-electron chi connectivity index (χ3n) is 1.82. The molecule has 5 nitrogen and oxygen atoms in total. The van der Waals surface area contributed by atoms with E-state index in [1.165, 1.54) is 11.3 Å². The standard InChI is InChI=1S/C9H11N3O2S/c1-10-4-8-11-12-9(14-8)7-3-6(13-2)5-15-7/h3,5,10H,4H2,1-2H3. The highest BCUT2D eigenvalue weighted by Crippen LogP contribution is 2.29. The minimum absolute atomic E-state index is 0.536. The SMILES string of the molecule is CNCc1nnc(-c2cc(OC)cs2)o1. The molecule has 0 fully saturated rings. The van der Waals surface area contributed by atoms with Crippen LogP contribution in [0.5, 0.6) is 5.75 Å². The van der Waals surface area contributed by atoms with Gasteiger partial charge in [0.2, 0.25) is 5.89 Å². The molecule has 2 aromatic rings. The van der Waals surface area contributed by atoms with E-state index in [4.69, 9.17) is 9.15 Å². The summed E-state index contributed by atoms with van der Waals surface area (Å²) in [6.07, 6.45) is 0. The monoisotopic (exact) mass is 225 g/mol. The molecule has 0 unspecified atom stereocenters. The molecule has 0 aliphatic carbocycles. The number of thiophene rings is 1. The van der Waals surface area contributed by atoms with E-state index in [1.54, 1.807) is 7.11 Å². The second-order valence-corrected chi connectivity index (χ2v) is 3.79. The Labute approximate surface area is 91.1 Å². The predicted octanol–water partition coefficient (Wildman–Crippen LogP) is 1.53. The van der Waals surface area contributed by atoms with Crippen LogP contribution >= 0.6 is 11.3 Å². The van der Waals surface area contributed by atoms with Gasteiger partial charge in [0.15, 0.2) is 0 Å². The van der Waals surface area contributed by atoms with Gasteiger partial charge in [-0.25, -0.2) is 0 Å². The van der Waals surface area contributed by atoms with Gasteiger partial charge in [-0.1, -0.05) is 0 Å². The average molecular weight is 225 g/mol. The first-order chi connectivity index (χ1) is 7.33. The van der Waals surface area contributed by atoms with Gasteiger partial charge in [-0.05, 0) is 7.05 Å². The van der Waals surface area contributed by atoms with Gasteiger partial charge in [0, 0.05) is 11.4 Å². The second-order valence-electron chi connectivity index (χ2n) is 2.88. The summed E-state index contributed by atoms with van der Waals surface area (Å²) in [5, 5.41) is 12.7. The lowest BCUT2D eigenvalue weighted by atomic mass is 10.4. The number of nitrogens with zero attached hydrogens (tertiary/aromatic N) is 2. The molecule has 1 N–H and O–H groups in total. The fourth-order valence-corrected chi connectivity index (χ4v) is 1.89. The highest BCUT2D eigenvalue weighted by atomic mass is 32.1. The lowest BCUT2D eigenvalue weighted by Crippen LogP contribution is -2.04. The summed E-state index contributed by atoms with van der Waals surface area (Å²) in [5.41, 5.74) is 0. The molecular weight excluding hydrogens is 214 g/mol. The normalized spacial score (nSPS) is 10.5. The van der Waals surface area contributed by atoms with Gasteiger partial charge in [0.1, 0.15) is 5.75 Å². The minimum atomic E-state index is 0.536. The van der Waals surface area contributed by atoms with E-state index >= 15 is 0 Å². The van der Waals surface area contributed by atoms with Crippen molar-refractivity contribution in [2.45, 2.75) is 6.54 Å². The summed E-state index contributed by atoms with van der Waals surface area (Å²) in [6, 6.07) is 1.88. The van der Waals surface area contributed by atoms with Crippen molar-refractivity contribution in [3.05, 3.63) is 17.3 Å². The molecule has 2 rings (SSSR count). The van der Waals surface area contributed by atoms with Crippen molar-refractivity contribution in [1.29, 1.82) is 0 Å². The van der Waals surface area contributed by atoms with E-state index in [0.29, 0.717) is 18.3 Å². The second kappa shape index (κ2) is 4.41. The number of aromatic nitrogens is 2. The maximum Gasteiger partial charge on any atom is 0.257 e. The van der Waals surface area contributed by atoms with Crippen molar-refractivity contribution in [2.75, 3.05) is 14.2 Å². The molecule has 15 heavy (non-hydrogen) atoms. The van der Waals surface area contributed by atoms with Gasteiger partial charge in [-0.3, -0.25) is 0 Å². The molecule has 0 saturated carbocycles. The van der Waals surface area contributed by atoms with Crippen LogP contribution in [-0.2, 0) is 6.54 Å². The highest BCUT2D eigenvalue weighted by Gasteiger charge is 2.10. The van der Waals surface area contributed by atoms with Crippen molar-refractivity contribution in [3.63, 3.8) is 0 Å². The quantitative estimate of drug-likeness (QED) is 0.855. The lowest BCUT2D eigenvalue weighted by Gasteiger charge is -1.90. The van der Waals surface area contributed by atoms with Gasteiger partial charge in [0.25, 0.3) is 5.89 Å². The van der Waals surface area contributed by atoms with Gasteiger partial charge in [0.05, 0.1) is 18.5 Å². The van der Waals surface area contributed by atoms with Gasteiger partial charge in [-0.15, -0.1) is 21.5 Å². The van der Waals surface area contributed by atoms with Crippen molar-refractivity contribution in [2.24, 2.45) is 0 Å². The zero-order valence-electron chi connectivity index (χ0n) is 8.48. The van der Waals surface area contributed by atoms with Crippen LogP contribution in [0.2, 0.25) is 0 Å². The molecule has 0 amide bonds. The molecule has 6 heteroatoms. The molecule has 2 heterocycles. The lowest BCUT2D eigenvalue weighted by molar-refractivity contribution is 0.416. The fourth-order valence-electron chi connectivity index (χ4n) is 1.11. The Balaban J connectivity index is 2.21. The summed E-state index contributed by atoms with van der Waals surface area (Å²) in [5.74, 6) is 1.93. The Morgan fingerprint density at radius 2 is 2.40 bits per heavy atom. The number of nitrogens with one attached hydrogen (secondary N) is 1. The van der Waals surface area contributed by atoms with Gasteiger partial charge >= 0.3 is 0 Å². The number of methoxy groups -OCH3 is 1. The molecule has 0 radical (unpaired) electrons. The number of hydrogen-bond acceptors (Lipinski definition) is 6. The Morgan fingerprint density at radius 1 is 1.53 bits per heavy atom. The zero-order valence-corrected chi connectivity index (χ0v) is 9.30. The first-order valence-electron chi connectivity index (χ1n) is 4.43. The highest BCUT2D eigenvalue weighted by molar-refractivity contribution is 7.13. The van der Waals surface area contributed by atoms with Crippen LogP contribution in [0.3, 0.4) is 0 Å². The molecule has 0 bridgehead atoms. The van der Waals surface area contributed by atoms with Gasteiger partial charge < -0.3 is 14.5 Å². The molecule has 2 aromatic heterocycles. The summed E-state index contributed by atoms with van der Waals surface area (Å²) < 4.78 is 10.5. The summed E-state index contributed by atoms with van der Waals surface area (Å²) in [7, 11) is 3.46. The molecule has 0 saturated heterocycles. The fraction of sp³-hybridized carbons (Fsp3) is 0.333. The Kier molecular flexibility index (Phi) is 2.98. The van der Waals surface area contributed by atoms with Gasteiger partial charge in [-0.2, -0.15) is 0 Å². The Bertz CT molecular complexity index is 438. The Morgan fingerprint density at radius 3 is 3.07 bits per heavy atom. The topological polar surface area (TPSA) is 60.2 Å². The van der Waals surface area contributed by atoms with Crippen LogP contribution in [0.25, 0.3) is 10.8 Å². The first-order valence-corrected chi connectivity index (χ1v) is 5.31. The van der Waals surface area contributed by atoms with Crippen molar-refractivity contribution >= 4 is 11.3 Å². The van der Waals surface area contributed by atoms with E-state index < -0.39 is 0 Å². The molecular formula is C9H11N3O2S. The van der Waals surface area contributed by atoms with E-state index in [0.717, 1.165) is 10.6 Å². The molecule has 0 atom stereocenters. The zero-order chi connectivity index (χ0) is 10.7. The average Bonchev–Trinajstić information content (AvgIpc) is 2.85. The third-order valence-corrected chi connectivity index (χ3v) is 2.71. The van der Waals surface area contributed by atoms with Crippen molar-refractivity contribution < 1.29 is 9.15 Å². The summed E-state index contributed by atoms with van der Waals surface area (Å²) in [4.78, 5) is 0.918. The maximum absolute atomic E-state index is 5.44. The third kappa shape index (κ3) is 2.16. The minimum Gasteiger partial charge on any atom is -0.496 e. The van der Waals surface area contributed by atoms with Crippen LogP contribution in [0.15, 0.2) is 15.9 Å². The number of ether oxygens (including phenoxy) is 1. The van der Waals surface area contributed by atoms with Crippen LogP contribution in [-0.4, -0.2) is 24.4 Å². The molecule has 80 valence electrons. The van der Waals surface area contributed by atoms with Crippen LogP contribution in [0, 0.1) is 0 Å². The largest absolute Gasteiger partial charge is 0.496 e. The molecule has 0 aromatic carbocycles. The maximum atomic E-state index is 5.44. The van der Waals surface area contributed by atoms with Crippen LogP contribution in [0.1, 0.15) is 5.89 Å². The molecule has 0 spiro atoms. The molecule has 0 aliphatic rings. The first kappa shape index (κ1) is 10.1. The summed E-state index contributed by atoms with van der Waals surface area (Å²) in [6.45, 7) is 0.579. The Hall–Kier alpha value is -1.40. The summed E-state index contributed by atoms with van der Waals surface area (Å²) >= 11 is 1.52. The predicted molar refractivity (Wildman–Crippen MR) is 56.9 cm³/mol.